The molecule has 1 aliphatic heterocycles. The van der Waals surface area contributed by atoms with Crippen molar-refractivity contribution in [2.45, 2.75) is 26.4 Å². The second-order valence-corrected chi connectivity index (χ2v) is 8.48. The van der Waals surface area contributed by atoms with E-state index in [-0.39, 0.29) is 22.6 Å². The molecule has 0 saturated carbocycles. The van der Waals surface area contributed by atoms with Crippen molar-refractivity contribution in [2.24, 2.45) is 0 Å². The number of nitrogens with zero attached hydrogens (tertiary/aromatic N) is 3. The Morgan fingerprint density at radius 3 is 2.50 bits per heavy atom. The van der Waals surface area contributed by atoms with Crippen LogP contribution in [0.1, 0.15) is 18.7 Å². The number of benzene rings is 1. The van der Waals surface area contributed by atoms with Crippen molar-refractivity contribution in [2.75, 3.05) is 32.7 Å². The first-order valence-corrected chi connectivity index (χ1v) is 10.3. The van der Waals surface area contributed by atoms with Crippen molar-refractivity contribution in [3.8, 4) is 10.4 Å². The number of thiophene rings is 1. The minimum Gasteiger partial charge on any atom is -0.353 e. The van der Waals surface area contributed by atoms with E-state index in [0.29, 0.717) is 12.1 Å². The third-order valence-electron chi connectivity index (χ3n) is 4.69. The maximum absolute atomic E-state index is 11.9. The van der Waals surface area contributed by atoms with Crippen LogP contribution in [0.4, 0.5) is 5.69 Å². The Bertz CT molecular complexity index is 828. The van der Waals surface area contributed by atoms with Gasteiger partial charge in [-0.2, -0.15) is 0 Å². The summed E-state index contributed by atoms with van der Waals surface area (Å²) in [6, 6.07) is 11.1. The molecule has 1 fully saturated rings. The first-order chi connectivity index (χ1) is 13.4. The molecule has 1 aromatic heterocycles. The highest BCUT2D eigenvalue weighted by Gasteiger charge is 2.21. The fourth-order valence-electron chi connectivity index (χ4n) is 3.35. The van der Waals surface area contributed by atoms with E-state index in [4.69, 9.17) is 0 Å². The SMILES string of the molecule is CC(C)NC(=O)CN1CCN(Cc2ccc(-c3ccccc3[N+](=O)[O-])s2)CC1. The van der Waals surface area contributed by atoms with Gasteiger partial charge in [0.25, 0.3) is 5.69 Å². The van der Waals surface area contributed by atoms with Gasteiger partial charge >= 0.3 is 0 Å². The number of nitro groups is 1. The maximum atomic E-state index is 11.9. The molecule has 0 spiro atoms. The van der Waals surface area contributed by atoms with Gasteiger partial charge in [0, 0.05) is 54.6 Å². The van der Waals surface area contributed by atoms with Gasteiger partial charge in [-0.15, -0.1) is 11.3 Å². The molecule has 0 aliphatic carbocycles. The average molecular weight is 403 g/mol. The smallest absolute Gasteiger partial charge is 0.278 e. The largest absolute Gasteiger partial charge is 0.353 e. The Balaban J connectivity index is 1.54. The number of rotatable bonds is 7. The summed E-state index contributed by atoms with van der Waals surface area (Å²) in [6.45, 7) is 8.78. The minimum absolute atomic E-state index is 0.0794. The molecule has 8 heteroatoms. The highest BCUT2D eigenvalue weighted by Crippen LogP contribution is 2.35. The molecular weight excluding hydrogens is 376 g/mol. The highest BCUT2D eigenvalue weighted by molar-refractivity contribution is 7.15. The van der Waals surface area contributed by atoms with Crippen LogP contribution in [-0.2, 0) is 11.3 Å². The number of hydrogen-bond donors (Lipinski definition) is 1. The Hall–Kier alpha value is -2.29. The summed E-state index contributed by atoms with van der Waals surface area (Å²) in [5.41, 5.74) is 0.814. The lowest BCUT2D eigenvalue weighted by Crippen LogP contribution is -2.49. The molecule has 0 unspecified atom stereocenters. The number of carbonyl (C=O) groups excluding carboxylic acids is 1. The van der Waals surface area contributed by atoms with Crippen LogP contribution in [0.25, 0.3) is 10.4 Å². The monoisotopic (exact) mass is 402 g/mol. The summed E-state index contributed by atoms with van der Waals surface area (Å²) in [5.74, 6) is 0.0794. The van der Waals surface area contributed by atoms with Gasteiger partial charge in [0.15, 0.2) is 0 Å². The number of piperazine rings is 1. The topological polar surface area (TPSA) is 78.7 Å². The van der Waals surface area contributed by atoms with Gasteiger partial charge in [0.2, 0.25) is 5.91 Å². The molecule has 150 valence electrons. The van der Waals surface area contributed by atoms with Crippen LogP contribution < -0.4 is 5.32 Å². The lowest BCUT2D eigenvalue weighted by molar-refractivity contribution is -0.384. The van der Waals surface area contributed by atoms with Crippen molar-refractivity contribution in [3.63, 3.8) is 0 Å². The van der Waals surface area contributed by atoms with Crippen LogP contribution in [0, 0.1) is 10.1 Å². The van der Waals surface area contributed by atoms with E-state index in [1.165, 1.54) is 4.88 Å². The van der Waals surface area contributed by atoms with E-state index < -0.39 is 0 Å². The number of carbonyl (C=O) groups is 1. The Kier molecular flexibility index (Phi) is 6.77. The van der Waals surface area contributed by atoms with Gasteiger partial charge in [-0.3, -0.25) is 24.7 Å². The van der Waals surface area contributed by atoms with Gasteiger partial charge in [0.05, 0.1) is 17.0 Å². The molecule has 7 nitrogen and oxygen atoms in total. The van der Waals surface area contributed by atoms with Gasteiger partial charge in [-0.05, 0) is 32.0 Å². The van der Waals surface area contributed by atoms with Crippen molar-refractivity contribution >= 4 is 22.9 Å². The van der Waals surface area contributed by atoms with E-state index in [2.05, 4.69) is 21.2 Å². The maximum Gasteiger partial charge on any atom is 0.278 e. The predicted octanol–water partition coefficient (Wildman–Crippen LogP) is 2.97. The molecule has 2 aromatic rings. The summed E-state index contributed by atoms with van der Waals surface area (Å²) >= 11 is 1.61. The average Bonchev–Trinajstić information content (AvgIpc) is 3.11. The molecule has 3 rings (SSSR count). The Morgan fingerprint density at radius 2 is 1.82 bits per heavy atom. The number of nitrogens with one attached hydrogen (secondary N) is 1. The molecule has 28 heavy (non-hydrogen) atoms. The van der Waals surface area contributed by atoms with Crippen LogP contribution in [0.3, 0.4) is 0 Å². The minimum atomic E-state index is -0.330. The zero-order valence-corrected chi connectivity index (χ0v) is 17.1. The Labute approximate surface area is 169 Å². The second kappa shape index (κ2) is 9.27. The summed E-state index contributed by atoms with van der Waals surface area (Å²) in [7, 11) is 0. The van der Waals surface area contributed by atoms with E-state index in [1.54, 1.807) is 29.5 Å². The highest BCUT2D eigenvalue weighted by atomic mass is 32.1. The normalized spacial score (nSPS) is 15.7. The van der Waals surface area contributed by atoms with Gasteiger partial charge in [-0.25, -0.2) is 0 Å². The van der Waals surface area contributed by atoms with E-state index >= 15 is 0 Å². The van der Waals surface area contributed by atoms with E-state index in [9.17, 15) is 14.9 Å². The Morgan fingerprint density at radius 1 is 1.14 bits per heavy atom. The molecule has 1 aliphatic rings. The van der Waals surface area contributed by atoms with Gasteiger partial charge in [0.1, 0.15) is 0 Å². The van der Waals surface area contributed by atoms with Gasteiger partial charge < -0.3 is 5.32 Å². The predicted molar refractivity (Wildman–Crippen MR) is 111 cm³/mol. The third kappa shape index (κ3) is 5.37. The summed E-state index contributed by atoms with van der Waals surface area (Å²) in [4.78, 5) is 29.5. The van der Waals surface area contributed by atoms with Crippen molar-refractivity contribution < 1.29 is 9.72 Å². The molecule has 1 N–H and O–H groups in total. The van der Waals surface area contributed by atoms with Crippen molar-refractivity contribution in [1.29, 1.82) is 0 Å². The quantitative estimate of drug-likeness (QED) is 0.569. The molecule has 1 aromatic carbocycles. The van der Waals surface area contributed by atoms with E-state index in [1.807, 2.05) is 26.0 Å². The second-order valence-electron chi connectivity index (χ2n) is 7.31. The van der Waals surface area contributed by atoms with E-state index in [0.717, 1.165) is 37.6 Å². The first kappa shape index (κ1) is 20.4. The summed E-state index contributed by atoms with van der Waals surface area (Å²) < 4.78 is 0. The molecule has 1 saturated heterocycles. The van der Waals surface area contributed by atoms with Crippen LogP contribution >= 0.6 is 11.3 Å². The zero-order valence-electron chi connectivity index (χ0n) is 16.3. The summed E-state index contributed by atoms with van der Waals surface area (Å²) in [5, 5.41) is 14.2. The molecular formula is C20H26N4O3S. The number of hydrogen-bond acceptors (Lipinski definition) is 6. The number of amides is 1. The number of nitro benzene ring substituents is 1. The molecule has 2 heterocycles. The summed E-state index contributed by atoms with van der Waals surface area (Å²) in [6.07, 6.45) is 0. The molecule has 0 radical (unpaired) electrons. The lowest BCUT2D eigenvalue weighted by atomic mass is 10.1. The van der Waals surface area contributed by atoms with Crippen LogP contribution in [0.15, 0.2) is 36.4 Å². The third-order valence-corrected chi connectivity index (χ3v) is 5.79. The zero-order chi connectivity index (χ0) is 20.1. The van der Waals surface area contributed by atoms with Gasteiger partial charge in [-0.1, -0.05) is 12.1 Å². The van der Waals surface area contributed by atoms with Crippen LogP contribution in [0.5, 0.6) is 0 Å². The standard InChI is InChI=1S/C20H26N4O3S/c1-15(2)21-20(25)14-23-11-9-22(10-12-23)13-16-7-8-19(28-16)17-5-3-4-6-18(17)24(26)27/h3-8,15H,9-14H2,1-2H3,(H,21,25). The first-order valence-electron chi connectivity index (χ1n) is 9.49. The number of para-hydroxylation sites is 1. The fourth-order valence-corrected chi connectivity index (χ4v) is 4.43. The van der Waals surface area contributed by atoms with Crippen molar-refractivity contribution in [1.82, 2.24) is 15.1 Å². The molecule has 0 bridgehead atoms. The van der Waals surface area contributed by atoms with Crippen molar-refractivity contribution in [3.05, 3.63) is 51.4 Å². The lowest BCUT2D eigenvalue weighted by Gasteiger charge is -2.34. The molecule has 0 atom stereocenters. The van der Waals surface area contributed by atoms with Crippen LogP contribution in [-0.4, -0.2) is 59.4 Å². The fraction of sp³-hybridized carbons (Fsp3) is 0.450. The van der Waals surface area contributed by atoms with Crippen LogP contribution in [0.2, 0.25) is 0 Å². The molecule has 1 amide bonds.